The highest BCUT2D eigenvalue weighted by Crippen LogP contribution is 2.36. The summed E-state index contributed by atoms with van der Waals surface area (Å²) in [5, 5.41) is 13.8. The van der Waals surface area contributed by atoms with Crippen LogP contribution in [-0.2, 0) is 16.0 Å². The fraction of sp³-hybridized carbons (Fsp3) is 0.351. The van der Waals surface area contributed by atoms with E-state index in [1.165, 1.54) is 7.11 Å². The fourth-order valence-corrected chi connectivity index (χ4v) is 6.03. The van der Waals surface area contributed by atoms with Crippen LogP contribution in [0.4, 0.5) is 17.2 Å². The fourth-order valence-electron chi connectivity index (χ4n) is 6.03. The van der Waals surface area contributed by atoms with E-state index in [2.05, 4.69) is 34.7 Å². The highest BCUT2D eigenvalue weighted by atomic mass is 16.7. The topological polar surface area (TPSA) is 113 Å². The van der Waals surface area contributed by atoms with Gasteiger partial charge in [-0.05, 0) is 69.7 Å². The predicted molar refractivity (Wildman–Crippen MR) is 190 cm³/mol. The maximum absolute atomic E-state index is 14.5. The summed E-state index contributed by atoms with van der Waals surface area (Å²) in [7, 11) is 6.88. The standard InChI is InChI=1S/C37H44N6O6/c1-25-16-35(43(40-25)20-26-6-10-31(47-5)11-7-26)39-33-18-32(48-23-45-3)19-34(49-24-46-4)36(33)37(44)42-21-27-8-9-30(17-28(27)22-42)38-29-12-14-41(2)15-13-29/h6-11,16-19,21-22,29,38-39H,12-15,20,23-24H2,1-5H3. The average molecular weight is 669 g/mol. The third kappa shape index (κ3) is 8.16. The van der Waals surface area contributed by atoms with Gasteiger partial charge in [-0.15, -0.1) is 0 Å². The maximum atomic E-state index is 14.5. The van der Waals surface area contributed by atoms with E-state index in [0.29, 0.717) is 41.2 Å². The van der Waals surface area contributed by atoms with E-state index >= 15 is 0 Å². The molecule has 0 atom stereocenters. The van der Waals surface area contributed by atoms with Gasteiger partial charge in [0.1, 0.15) is 28.6 Å². The Kier molecular flexibility index (Phi) is 10.7. The van der Waals surface area contributed by atoms with Crippen LogP contribution in [0.15, 0.2) is 73.1 Å². The Bertz CT molecular complexity index is 1880. The van der Waals surface area contributed by atoms with Gasteiger partial charge < -0.3 is 39.2 Å². The molecule has 1 fully saturated rings. The van der Waals surface area contributed by atoms with Gasteiger partial charge in [-0.1, -0.05) is 18.2 Å². The normalized spacial score (nSPS) is 13.8. The lowest BCUT2D eigenvalue weighted by atomic mass is 10.0. The van der Waals surface area contributed by atoms with Crippen molar-refractivity contribution in [2.75, 3.05) is 65.7 Å². The number of hydrogen-bond donors (Lipinski definition) is 2. The molecular formula is C37H44N6O6. The summed E-state index contributed by atoms with van der Waals surface area (Å²) in [5.74, 6) is 1.92. The van der Waals surface area contributed by atoms with Gasteiger partial charge in [0.25, 0.3) is 5.91 Å². The molecule has 0 saturated carbocycles. The third-order valence-corrected chi connectivity index (χ3v) is 8.59. The Morgan fingerprint density at radius 1 is 0.878 bits per heavy atom. The molecule has 0 radical (unpaired) electrons. The lowest BCUT2D eigenvalue weighted by Crippen LogP contribution is -2.36. The van der Waals surface area contributed by atoms with E-state index in [0.717, 1.165) is 59.4 Å². The third-order valence-electron chi connectivity index (χ3n) is 8.59. The number of methoxy groups -OCH3 is 3. The molecule has 0 aliphatic carbocycles. The summed E-state index contributed by atoms with van der Waals surface area (Å²) in [4.78, 5) is 16.8. The number of fused-ring (bicyclic) bond motifs is 1. The number of nitrogens with one attached hydrogen (secondary N) is 2. The second-order valence-electron chi connectivity index (χ2n) is 12.3. The minimum Gasteiger partial charge on any atom is -0.497 e. The van der Waals surface area contributed by atoms with E-state index in [1.54, 1.807) is 30.9 Å². The average Bonchev–Trinajstić information content (AvgIpc) is 3.69. The Hall–Kier alpha value is -5.04. The van der Waals surface area contributed by atoms with Gasteiger partial charge in [0.05, 0.1) is 25.0 Å². The minimum atomic E-state index is -0.286. The van der Waals surface area contributed by atoms with Crippen LogP contribution in [-0.4, -0.2) is 86.2 Å². The van der Waals surface area contributed by atoms with Crippen molar-refractivity contribution >= 4 is 33.9 Å². The molecule has 5 aromatic rings. The first kappa shape index (κ1) is 33.8. The van der Waals surface area contributed by atoms with Crippen LogP contribution in [0.3, 0.4) is 0 Å². The summed E-state index contributed by atoms with van der Waals surface area (Å²) in [6.45, 7) is 4.52. The van der Waals surface area contributed by atoms with E-state index in [-0.39, 0.29) is 19.5 Å². The summed E-state index contributed by atoms with van der Waals surface area (Å²) in [6.07, 6.45) is 5.89. The number of anilines is 3. The molecule has 1 aliphatic rings. The Labute approximate surface area is 286 Å². The van der Waals surface area contributed by atoms with Crippen LogP contribution < -0.4 is 24.8 Å². The SMILES string of the molecule is COCOc1cc(Nc2cc(C)nn2Cc2ccc(OC)cc2)c(C(=O)n2cc3ccc(NC4CCN(C)CC4)cc3c2)c(OCOC)c1. The maximum Gasteiger partial charge on any atom is 0.267 e. The molecule has 258 valence electrons. The first-order valence-corrected chi connectivity index (χ1v) is 16.3. The molecule has 2 aromatic heterocycles. The van der Waals surface area contributed by atoms with Gasteiger partial charge in [-0.2, -0.15) is 5.10 Å². The largest absolute Gasteiger partial charge is 0.497 e. The van der Waals surface area contributed by atoms with Gasteiger partial charge in [-0.3, -0.25) is 9.36 Å². The Morgan fingerprint density at radius 3 is 2.35 bits per heavy atom. The molecule has 49 heavy (non-hydrogen) atoms. The lowest BCUT2D eigenvalue weighted by Gasteiger charge is -2.30. The first-order chi connectivity index (χ1) is 23.8. The Morgan fingerprint density at radius 2 is 1.61 bits per heavy atom. The summed E-state index contributed by atoms with van der Waals surface area (Å²) < 4.78 is 31.0. The second kappa shape index (κ2) is 15.5. The van der Waals surface area contributed by atoms with Crippen LogP contribution in [0, 0.1) is 6.92 Å². The molecule has 12 heteroatoms. The number of carbonyl (C=O) groups excluding carboxylic acids is 1. The molecular weight excluding hydrogens is 624 g/mol. The van der Waals surface area contributed by atoms with Gasteiger partial charge in [0, 0.05) is 67.3 Å². The van der Waals surface area contributed by atoms with Crippen LogP contribution in [0.1, 0.15) is 34.5 Å². The van der Waals surface area contributed by atoms with Crippen molar-refractivity contribution in [2.24, 2.45) is 0 Å². The molecule has 3 heterocycles. The van der Waals surface area contributed by atoms with Crippen molar-refractivity contribution in [3.63, 3.8) is 0 Å². The second-order valence-corrected chi connectivity index (χ2v) is 12.3. The molecule has 0 bridgehead atoms. The molecule has 0 amide bonds. The zero-order chi connectivity index (χ0) is 34.3. The lowest BCUT2D eigenvalue weighted by molar-refractivity contribution is 0.0456. The van der Waals surface area contributed by atoms with E-state index < -0.39 is 0 Å². The van der Waals surface area contributed by atoms with Gasteiger partial charge in [-0.25, -0.2) is 4.68 Å². The zero-order valence-corrected chi connectivity index (χ0v) is 28.7. The molecule has 6 rings (SSSR count). The minimum absolute atomic E-state index is 0.0158. The summed E-state index contributed by atoms with van der Waals surface area (Å²) in [5.41, 5.74) is 3.67. The van der Waals surface area contributed by atoms with Crippen molar-refractivity contribution in [1.82, 2.24) is 19.2 Å². The van der Waals surface area contributed by atoms with Crippen molar-refractivity contribution in [3.05, 3.63) is 89.9 Å². The number of rotatable bonds is 14. The highest BCUT2D eigenvalue weighted by molar-refractivity contribution is 6.06. The number of nitrogens with zero attached hydrogens (tertiary/aromatic N) is 4. The number of piperidine rings is 1. The predicted octanol–water partition coefficient (Wildman–Crippen LogP) is 6.11. The monoisotopic (exact) mass is 668 g/mol. The first-order valence-electron chi connectivity index (χ1n) is 16.3. The number of benzene rings is 3. The molecule has 2 N–H and O–H groups in total. The van der Waals surface area contributed by atoms with E-state index in [1.807, 2.05) is 60.4 Å². The summed E-state index contributed by atoms with van der Waals surface area (Å²) in [6, 6.07) is 19.8. The number of likely N-dealkylation sites (tertiary alicyclic amines) is 1. The van der Waals surface area contributed by atoms with Gasteiger partial charge in [0.2, 0.25) is 0 Å². The van der Waals surface area contributed by atoms with E-state index in [4.69, 9.17) is 28.8 Å². The van der Waals surface area contributed by atoms with Crippen LogP contribution in [0.2, 0.25) is 0 Å². The van der Waals surface area contributed by atoms with Crippen molar-refractivity contribution < 1.29 is 28.5 Å². The molecule has 12 nitrogen and oxygen atoms in total. The van der Waals surface area contributed by atoms with Crippen molar-refractivity contribution in [3.8, 4) is 17.2 Å². The summed E-state index contributed by atoms with van der Waals surface area (Å²) >= 11 is 0. The van der Waals surface area contributed by atoms with Crippen molar-refractivity contribution in [1.29, 1.82) is 0 Å². The molecule has 3 aromatic carbocycles. The number of hydrogen-bond acceptors (Lipinski definition) is 10. The zero-order valence-electron chi connectivity index (χ0n) is 28.7. The van der Waals surface area contributed by atoms with Crippen LogP contribution in [0.25, 0.3) is 10.8 Å². The Balaban J connectivity index is 1.35. The van der Waals surface area contributed by atoms with E-state index in [9.17, 15) is 4.79 Å². The molecule has 1 saturated heterocycles. The number of carbonyl (C=O) groups is 1. The van der Waals surface area contributed by atoms with Crippen molar-refractivity contribution in [2.45, 2.75) is 32.4 Å². The van der Waals surface area contributed by atoms with Gasteiger partial charge in [0.15, 0.2) is 13.6 Å². The van der Waals surface area contributed by atoms with Crippen LogP contribution in [0.5, 0.6) is 17.2 Å². The number of aromatic nitrogens is 3. The van der Waals surface area contributed by atoms with Crippen LogP contribution >= 0.6 is 0 Å². The molecule has 1 aliphatic heterocycles. The molecule has 0 unspecified atom stereocenters. The molecule has 0 spiro atoms. The highest BCUT2D eigenvalue weighted by Gasteiger charge is 2.24. The smallest absolute Gasteiger partial charge is 0.267 e. The quantitative estimate of drug-likeness (QED) is 0.135. The number of aryl methyl sites for hydroxylation is 1. The van der Waals surface area contributed by atoms with Gasteiger partial charge >= 0.3 is 0 Å². The number of ether oxygens (including phenoxy) is 5.